The average molecular weight is 426 g/mol. The van der Waals surface area contributed by atoms with Gasteiger partial charge in [-0.2, -0.15) is 0 Å². The SMILES string of the molecule is CCCCNC(=O)C1N(CCCCCO)C(=O)[C@@H]2[C@H](C(=O)NC)[C@]3(C)CCC12S3. The minimum absolute atomic E-state index is 0.0471. The van der Waals surface area contributed by atoms with Gasteiger partial charge in [0.15, 0.2) is 0 Å². The molecular formula is C21H35N3O4S. The maximum atomic E-state index is 13.6. The number of unbranched alkanes of at least 4 members (excludes halogenated alkanes) is 3. The summed E-state index contributed by atoms with van der Waals surface area (Å²) in [5, 5.41) is 14.9. The van der Waals surface area contributed by atoms with E-state index in [2.05, 4.69) is 24.5 Å². The third-order valence-corrected chi connectivity index (χ3v) is 8.93. The average Bonchev–Trinajstić information content (AvgIpc) is 3.26. The second-order valence-corrected chi connectivity index (χ2v) is 10.7. The Kier molecular flexibility index (Phi) is 6.83. The Balaban J connectivity index is 1.90. The number of aliphatic hydroxyl groups excluding tert-OH is 1. The molecule has 5 atom stereocenters. The third-order valence-electron chi connectivity index (χ3n) is 6.94. The zero-order valence-electron chi connectivity index (χ0n) is 17.8. The van der Waals surface area contributed by atoms with Crippen LogP contribution < -0.4 is 10.6 Å². The zero-order valence-corrected chi connectivity index (χ0v) is 18.6. The van der Waals surface area contributed by atoms with Crippen LogP contribution in [0.1, 0.15) is 58.8 Å². The van der Waals surface area contributed by atoms with Crippen LogP contribution in [0, 0.1) is 11.8 Å². The van der Waals surface area contributed by atoms with Gasteiger partial charge in [0.1, 0.15) is 6.04 Å². The molecule has 3 fully saturated rings. The van der Waals surface area contributed by atoms with Gasteiger partial charge in [0.05, 0.1) is 16.6 Å². The van der Waals surface area contributed by atoms with E-state index in [9.17, 15) is 14.4 Å². The number of amides is 3. The van der Waals surface area contributed by atoms with Crippen LogP contribution in [0.3, 0.4) is 0 Å². The lowest BCUT2D eigenvalue weighted by Gasteiger charge is -2.34. The molecule has 0 radical (unpaired) electrons. The predicted molar refractivity (Wildman–Crippen MR) is 113 cm³/mol. The van der Waals surface area contributed by atoms with Crippen LogP contribution in [-0.4, -0.2) is 70.0 Å². The maximum Gasteiger partial charge on any atom is 0.244 e. The van der Waals surface area contributed by atoms with Crippen molar-refractivity contribution in [2.75, 3.05) is 26.7 Å². The lowest BCUT2D eigenvalue weighted by atomic mass is 9.66. The van der Waals surface area contributed by atoms with E-state index in [1.54, 1.807) is 23.7 Å². The van der Waals surface area contributed by atoms with Crippen molar-refractivity contribution in [3.8, 4) is 0 Å². The fraction of sp³-hybridized carbons (Fsp3) is 0.857. The molecule has 3 amide bonds. The maximum absolute atomic E-state index is 13.6. The predicted octanol–water partition coefficient (Wildman–Crippen LogP) is 1.29. The van der Waals surface area contributed by atoms with Gasteiger partial charge in [-0.05, 0) is 45.4 Å². The van der Waals surface area contributed by atoms with Crippen LogP contribution in [0.4, 0.5) is 0 Å². The topological polar surface area (TPSA) is 98.7 Å². The van der Waals surface area contributed by atoms with Crippen molar-refractivity contribution in [2.24, 2.45) is 11.8 Å². The van der Waals surface area contributed by atoms with Crippen LogP contribution in [0.25, 0.3) is 0 Å². The molecule has 0 aromatic carbocycles. The highest BCUT2D eigenvalue weighted by atomic mass is 32.2. The quantitative estimate of drug-likeness (QED) is 0.458. The third kappa shape index (κ3) is 3.67. The largest absolute Gasteiger partial charge is 0.396 e. The highest BCUT2D eigenvalue weighted by molar-refractivity contribution is 8.02. The van der Waals surface area contributed by atoms with E-state index in [4.69, 9.17) is 5.11 Å². The molecule has 0 aliphatic carbocycles. The van der Waals surface area contributed by atoms with Gasteiger partial charge in [-0.25, -0.2) is 0 Å². The number of hydrogen-bond donors (Lipinski definition) is 3. The fourth-order valence-corrected chi connectivity index (χ4v) is 7.94. The Bertz CT molecular complexity index is 660. The van der Waals surface area contributed by atoms with Crippen molar-refractivity contribution in [3.63, 3.8) is 0 Å². The summed E-state index contributed by atoms with van der Waals surface area (Å²) in [5.74, 6) is -1.05. The highest BCUT2D eigenvalue weighted by Crippen LogP contribution is 2.71. The molecule has 3 N–H and O–H groups in total. The Labute approximate surface area is 177 Å². The fourth-order valence-electron chi connectivity index (χ4n) is 5.58. The van der Waals surface area contributed by atoms with Crippen molar-refractivity contribution >= 4 is 29.5 Å². The standard InChI is InChI=1S/C21H35N3O4S/c1-4-5-11-23-18(27)16-21-10-9-20(2,29-21)14(17(26)22-3)15(21)19(28)24(16)12-7-6-8-13-25/h14-16,25H,4-13H2,1-3H3,(H,22,26)(H,23,27)/t14-,15+,16?,20+,21?/m1/s1. The first-order valence-electron chi connectivity index (χ1n) is 11.0. The summed E-state index contributed by atoms with van der Waals surface area (Å²) >= 11 is 1.71. The van der Waals surface area contributed by atoms with Crippen molar-refractivity contribution in [2.45, 2.75) is 74.3 Å². The number of hydrogen-bond acceptors (Lipinski definition) is 5. The van der Waals surface area contributed by atoms with E-state index in [0.717, 1.165) is 38.5 Å². The lowest BCUT2D eigenvalue weighted by molar-refractivity contribution is -0.140. The molecule has 2 bridgehead atoms. The lowest BCUT2D eigenvalue weighted by Crippen LogP contribution is -2.54. The Morgan fingerprint density at radius 3 is 2.62 bits per heavy atom. The Hall–Kier alpha value is -1.28. The van der Waals surface area contributed by atoms with Crippen LogP contribution in [0.5, 0.6) is 0 Å². The highest BCUT2D eigenvalue weighted by Gasteiger charge is 2.76. The van der Waals surface area contributed by atoms with Gasteiger partial charge in [0.2, 0.25) is 17.7 Å². The summed E-state index contributed by atoms with van der Waals surface area (Å²) in [6.45, 7) is 5.40. The number of nitrogens with zero attached hydrogens (tertiary/aromatic N) is 1. The van der Waals surface area contributed by atoms with Crippen molar-refractivity contribution < 1.29 is 19.5 Å². The van der Waals surface area contributed by atoms with E-state index >= 15 is 0 Å². The van der Waals surface area contributed by atoms with Crippen molar-refractivity contribution in [3.05, 3.63) is 0 Å². The normalized spacial score (nSPS) is 35.1. The van der Waals surface area contributed by atoms with Crippen LogP contribution >= 0.6 is 11.8 Å². The molecule has 3 heterocycles. The number of nitrogens with one attached hydrogen (secondary N) is 2. The number of aliphatic hydroxyl groups is 1. The number of thioether (sulfide) groups is 1. The zero-order chi connectivity index (χ0) is 21.2. The van der Waals surface area contributed by atoms with Gasteiger partial charge >= 0.3 is 0 Å². The first-order valence-corrected chi connectivity index (χ1v) is 11.8. The number of fused-ring (bicyclic) bond motifs is 1. The van der Waals surface area contributed by atoms with Gasteiger partial charge < -0.3 is 20.6 Å². The molecule has 8 heteroatoms. The second-order valence-electron chi connectivity index (χ2n) is 8.80. The number of carbonyl (C=O) groups excluding carboxylic acids is 3. The van der Waals surface area contributed by atoms with E-state index in [1.165, 1.54) is 0 Å². The Morgan fingerprint density at radius 1 is 1.21 bits per heavy atom. The smallest absolute Gasteiger partial charge is 0.244 e. The molecule has 1 spiro atoms. The number of likely N-dealkylation sites (tertiary alicyclic amines) is 1. The van der Waals surface area contributed by atoms with E-state index in [-0.39, 0.29) is 29.1 Å². The van der Waals surface area contributed by atoms with Crippen LogP contribution in [-0.2, 0) is 14.4 Å². The first kappa shape index (κ1) is 22.4. The van der Waals surface area contributed by atoms with E-state index < -0.39 is 22.6 Å². The van der Waals surface area contributed by atoms with Crippen molar-refractivity contribution in [1.82, 2.24) is 15.5 Å². The van der Waals surface area contributed by atoms with E-state index in [0.29, 0.717) is 19.5 Å². The van der Waals surface area contributed by atoms with Crippen molar-refractivity contribution in [1.29, 1.82) is 0 Å². The molecule has 3 saturated heterocycles. The number of rotatable bonds is 10. The molecule has 29 heavy (non-hydrogen) atoms. The molecule has 0 aromatic heterocycles. The molecule has 0 saturated carbocycles. The minimum atomic E-state index is -0.521. The van der Waals surface area contributed by atoms with Gasteiger partial charge in [0, 0.05) is 31.5 Å². The summed E-state index contributed by atoms with van der Waals surface area (Å²) in [6, 6.07) is -0.521. The van der Waals surface area contributed by atoms with Gasteiger partial charge in [-0.1, -0.05) is 13.3 Å². The minimum Gasteiger partial charge on any atom is -0.396 e. The molecule has 7 nitrogen and oxygen atoms in total. The number of carbonyl (C=O) groups is 3. The molecular weight excluding hydrogens is 390 g/mol. The van der Waals surface area contributed by atoms with Crippen LogP contribution in [0.15, 0.2) is 0 Å². The summed E-state index contributed by atoms with van der Waals surface area (Å²) in [5.41, 5.74) is 0. The van der Waals surface area contributed by atoms with Gasteiger partial charge in [-0.15, -0.1) is 11.8 Å². The molecule has 3 aliphatic rings. The molecule has 3 aliphatic heterocycles. The molecule has 164 valence electrons. The van der Waals surface area contributed by atoms with E-state index in [1.807, 2.05) is 0 Å². The van der Waals surface area contributed by atoms with Crippen LogP contribution in [0.2, 0.25) is 0 Å². The summed E-state index contributed by atoms with van der Waals surface area (Å²) < 4.78 is -0.818. The second kappa shape index (κ2) is 8.84. The summed E-state index contributed by atoms with van der Waals surface area (Å²) in [6.07, 6.45) is 5.79. The summed E-state index contributed by atoms with van der Waals surface area (Å²) in [4.78, 5) is 41.3. The first-order chi connectivity index (χ1) is 13.9. The summed E-state index contributed by atoms with van der Waals surface area (Å²) in [7, 11) is 1.62. The monoisotopic (exact) mass is 425 g/mol. The van der Waals surface area contributed by atoms with Gasteiger partial charge in [0.25, 0.3) is 0 Å². The molecule has 3 rings (SSSR count). The Morgan fingerprint density at radius 2 is 1.97 bits per heavy atom. The molecule has 0 aromatic rings. The molecule has 2 unspecified atom stereocenters. The van der Waals surface area contributed by atoms with Gasteiger partial charge in [-0.3, -0.25) is 14.4 Å².